The number of carbonyl (C=O) groups is 2. The predicted octanol–water partition coefficient (Wildman–Crippen LogP) is 0.319. The number of nitrogens with one attached hydrogen (secondary N) is 1. The Labute approximate surface area is 84.0 Å². The summed E-state index contributed by atoms with van der Waals surface area (Å²) in [5, 5.41) is 1.85. The first-order valence-electron chi connectivity index (χ1n) is 4.46. The number of alkyl halides is 3. The second kappa shape index (κ2) is 4.08. The fraction of sp³-hybridized carbons (Fsp3) is 0.750. The lowest BCUT2D eigenvalue weighted by molar-refractivity contribution is -0.154. The van der Waals surface area contributed by atoms with Crippen molar-refractivity contribution in [3.8, 4) is 0 Å². The van der Waals surface area contributed by atoms with Gasteiger partial charge < -0.3 is 11.1 Å². The van der Waals surface area contributed by atoms with Crippen LogP contribution in [0.3, 0.4) is 0 Å². The van der Waals surface area contributed by atoms with Gasteiger partial charge in [-0.15, -0.1) is 0 Å². The molecule has 15 heavy (non-hydrogen) atoms. The van der Waals surface area contributed by atoms with Gasteiger partial charge in [0.2, 0.25) is 11.8 Å². The van der Waals surface area contributed by atoms with E-state index in [9.17, 15) is 22.8 Å². The van der Waals surface area contributed by atoms with Gasteiger partial charge in [0.15, 0.2) is 0 Å². The molecule has 2 atom stereocenters. The molecule has 86 valence electrons. The Morgan fingerprint density at radius 1 is 1.53 bits per heavy atom. The minimum atomic E-state index is -4.42. The summed E-state index contributed by atoms with van der Waals surface area (Å²) in [7, 11) is 0. The highest BCUT2D eigenvalue weighted by molar-refractivity contribution is 5.82. The van der Waals surface area contributed by atoms with E-state index < -0.39 is 30.0 Å². The third-order valence-corrected chi connectivity index (χ3v) is 2.34. The van der Waals surface area contributed by atoms with Crippen molar-refractivity contribution in [2.75, 3.05) is 0 Å². The number of hydrogen-bond donors (Lipinski definition) is 2. The van der Waals surface area contributed by atoms with Crippen LogP contribution >= 0.6 is 0 Å². The normalized spacial score (nSPS) is 26.5. The van der Waals surface area contributed by atoms with Gasteiger partial charge >= 0.3 is 6.18 Å². The van der Waals surface area contributed by atoms with E-state index in [1.54, 1.807) is 0 Å². The molecule has 0 radical (unpaired) electrons. The lowest BCUT2D eigenvalue weighted by atomic mass is 9.99. The molecule has 1 fully saturated rings. The average molecular weight is 224 g/mol. The van der Waals surface area contributed by atoms with E-state index in [0.29, 0.717) is 0 Å². The zero-order valence-electron chi connectivity index (χ0n) is 7.80. The Morgan fingerprint density at radius 3 is 2.53 bits per heavy atom. The molecule has 3 N–H and O–H groups in total. The summed E-state index contributed by atoms with van der Waals surface area (Å²) in [6.07, 6.45) is -4.72. The molecule has 1 heterocycles. The molecule has 7 heteroatoms. The molecule has 0 saturated carbocycles. The monoisotopic (exact) mass is 224 g/mol. The molecule has 0 aromatic heterocycles. The van der Waals surface area contributed by atoms with Crippen molar-refractivity contribution in [3.05, 3.63) is 0 Å². The number of amides is 2. The van der Waals surface area contributed by atoms with Crippen molar-refractivity contribution in [3.63, 3.8) is 0 Å². The number of primary amides is 1. The van der Waals surface area contributed by atoms with Crippen LogP contribution in [0.15, 0.2) is 0 Å². The lowest BCUT2D eigenvalue weighted by Crippen LogP contribution is -2.38. The largest absolute Gasteiger partial charge is 0.408 e. The van der Waals surface area contributed by atoms with Gasteiger partial charge in [0.25, 0.3) is 0 Å². The molecular formula is C8H11F3N2O2. The summed E-state index contributed by atoms with van der Waals surface area (Å²) in [4.78, 5) is 21.5. The summed E-state index contributed by atoms with van der Waals surface area (Å²) >= 11 is 0. The highest BCUT2D eigenvalue weighted by Gasteiger charge is 2.47. The Balaban J connectivity index is 2.50. The number of rotatable bonds is 3. The van der Waals surface area contributed by atoms with Crippen molar-refractivity contribution in [1.29, 1.82) is 0 Å². The van der Waals surface area contributed by atoms with Gasteiger partial charge in [-0.1, -0.05) is 0 Å². The Hall–Kier alpha value is -1.27. The van der Waals surface area contributed by atoms with Crippen LogP contribution in [-0.2, 0) is 9.59 Å². The minimum absolute atomic E-state index is 0.0668. The van der Waals surface area contributed by atoms with Crippen molar-refractivity contribution < 1.29 is 22.8 Å². The smallest absolute Gasteiger partial charge is 0.370 e. The van der Waals surface area contributed by atoms with Gasteiger partial charge in [-0.05, 0) is 12.8 Å². The van der Waals surface area contributed by atoms with Crippen molar-refractivity contribution in [2.45, 2.75) is 31.5 Å². The fourth-order valence-corrected chi connectivity index (χ4v) is 1.52. The van der Waals surface area contributed by atoms with Gasteiger partial charge in [-0.2, -0.15) is 13.2 Å². The highest BCUT2D eigenvalue weighted by Crippen LogP contribution is 2.31. The zero-order chi connectivity index (χ0) is 11.6. The third-order valence-electron chi connectivity index (χ3n) is 2.34. The molecule has 1 aliphatic heterocycles. The second-order valence-corrected chi connectivity index (χ2v) is 3.54. The molecule has 4 nitrogen and oxygen atoms in total. The first kappa shape index (κ1) is 11.8. The van der Waals surface area contributed by atoms with E-state index in [1.165, 1.54) is 0 Å². The quantitative estimate of drug-likeness (QED) is 0.724. The summed E-state index contributed by atoms with van der Waals surface area (Å²) in [5.41, 5.74) is 4.84. The van der Waals surface area contributed by atoms with E-state index >= 15 is 0 Å². The third kappa shape index (κ3) is 3.10. The van der Waals surface area contributed by atoms with Crippen LogP contribution in [0.1, 0.15) is 19.3 Å². The predicted molar refractivity (Wildman–Crippen MR) is 44.5 cm³/mol. The fourth-order valence-electron chi connectivity index (χ4n) is 1.52. The maximum absolute atomic E-state index is 12.2. The molecule has 0 aliphatic carbocycles. The number of nitrogens with two attached hydrogens (primary N) is 1. The van der Waals surface area contributed by atoms with Gasteiger partial charge in [-0.25, -0.2) is 0 Å². The van der Waals surface area contributed by atoms with Crippen LogP contribution in [-0.4, -0.2) is 24.0 Å². The highest BCUT2D eigenvalue weighted by atomic mass is 19.4. The minimum Gasteiger partial charge on any atom is -0.370 e. The van der Waals surface area contributed by atoms with Crippen LogP contribution in [0.25, 0.3) is 0 Å². The van der Waals surface area contributed by atoms with Crippen LogP contribution in [0, 0.1) is 5.92 Å². The summed E-state index contributed by atoms with van der Waals surface area (Å²) < 4.78 is 36.6. The van der Waals surface area contributed by atoms with Crippen LogP contribution in [0.4, 0.5) is 13.2 Å². The van der Waals surface area contributed by atoms with Gasteiger partial charge in [-0.3, -0.25) is 9.59 Å². The molecule has 1 rings (SSSR count). The van der Waals surface area contributed by atoms with E-state index in [1.807, 2.05) is 5.32 Å². The average Bonchev–Trinajstić information content (AvgIpc) is 2.42. The summed E-state index contributed by atoms with van der Waals surface area (Å²) in [5.74, 6) is -2.03. The zero-order valence-corrected chi connectivity index (χ0v) is 7.80. The molecule has 0 aromatic rings. The van der Waals surface area contributed by atoms with E-state index in [0.717, 1.165) is 0 Å². The molecule has 1 aliphatic rings. The molecule has 1 unspecified atom stereocenters. The van der Waals surface area contributed by atoms with E-state index in [2.05, 4.69) is 0 Å². The van der Waals surface area contributed by atoms with E-state index in [-0.39, 0.29) is 19.3 Å². The summed E-state index contributed by atoms with van der Waals surface area (Å²) in [6.45, 7) is 0. The molecule has 0 spiro atoms. The topological polar surface area (TPSA) is 72.2 Å². The van der Waals surface area contributed by atoms with E-state index in [4.69, 9.17) is 5.73 Å². The SMILES string of the molecule is NC(=O)CCC1C[C@H](C(F)(F)F)NC1=O. The van der Waals surface area contributed by atoms with Crippen LogP contribution in [0.2, 0.25) is 0 Å². The first-order valence-corrected chi connectivity index (χ1v) is 4.46. The van der Waals surface area contributed by atoms with Crippen molar-refractivity contribution >= 4 is 11.8 Å². The standard InChI is InChI=1S/C8H11F3N2O2/c9-8(10,11)5-3-4(7(15)13-5)1-2-6(12)14/h4-5H,1-3H2,(H2,12,14)(H,13,15)/t4?,5-/m1/s1. The summed E-state index contributed by atoms with van der Waals surface area (Å²) in [6, 6.07) is -1.79. The van der Waals surface area contributed by atoms with Crippen LogP contribution in [0.5, 0.6) is 0 Å². The molecule has 1 saturated heterocycles. The number of carbonyl (C=O) groups excluding carboxylic acids is 2. The Kier molecular flexibility index (Phi) is 3.21. The molecule has 2 amide bonds. The van der Waals surface area contributed by atoms with Crippen molar-refractivity contribution in [1.82, 2.24) is 5.32 Å². The van der Waals surface area contributed by atoms with Gasteiger partial charge in [0.1, 0.15) is 6.04 Å². The maximum Gasteiger partial charge on any atom is 0.408 e. The Morgan fingerprint density at radius 2 is 2.13 bits per heavy atom. The number of hydrogen-bond acceptors (Lipinski definition) is 2. The van der Waals surface area contributed by atoms with Crippen molar-refractivity contribution in [2.24, 2.45) is 11.7 Å². The lowest BCUT2D eigenvalue weighted by Gasteiger charge is -2.13. The van der Waals surface area contributed by atoms with Gasteiger partial charge in [0, 0.05) is 12.3 Å². The number of halogens is 3. The maximum atomic E-state index is 12.2. The Bertz CT molecular complexity index is 278. The van der Waals surface area contributed by atoms with Crippen LogP contribution < -0.4 is 11.1 Å². The molecular weight excluding hydrogens is 213 g/mol. The molecule has 0 bridgehead atoms. The second-order valence-electron chi connectivity index (χ2n) is 3.54. The first-order chi connectivity index (χ1) is 6.80. The molecule has 0 aromatic carbocycles. The van der Waals surface area contributed by atoms with Gasteiger partial charge in [0.05, 0.1) is 0 Å².